The molecule has 4 N–H and O–H groups in total. The van der Waals surface area contributed by atoms with Crippen molar-refractivity contribution in [3.8, 4) is 0 Å². The van der Waals surface area contributed by atoms with Gasteiger partial charge in [0.1, 0.15) is 0 Å². The summed E-state index contributed by atoms with van der Waals surface area (Å²) < 4.78 is 0. The van der Waals surface area contributed by atoms with Crippen LogP contribution in [-0.4, -0.2) is 21.7 Å². The van der Waals surface area contributed by atoms with E-state index in [1.165, 1.54) is 0 Å². The minimum Gasteiger partial charge on any atom is -0.396 e. The first-order valence-corrected chi connectivity index (χ1v) is 5.93. The van der Waals surface area contributed by atoms with Crippen molar-refractivity contribution in [2.75, 3.05) is 6.61 Å². The third-order valence-electron chi connectivity index (χ3n) is 3.36. The second kappa shape index (κ2) is 4.85. The molecule has 2 aromatic rings. The van der Waals surface area contributed by atoms with Crippen LogP contribution in [0.4, 0.5) is 0 Å². The van der Waals surface area contributed by atoms with Crippen molar-refractivity contribution in [2.45, 2.75) is 19.9 Å². The van der Waals surface area contributed by atoms with Gasteiger partial charge < -0.3 is 15.8 Å². The monoisotopic (exact) mass is 233 g/mol. The highest BCUT2D eigenvalue weighted by molar-refractivity contribution is 5.75. The van der Waals surface area contributed by atoms with Gasteiger partial charge in [-0.1, -0.05) is 19.9 Å². The number of fused-ring (bicyclic) bond motifs is 1. The normalized spacial score (nSPS) is 15.4. The molecular formula is C13H19N3O. The molecule has 0 radical (unpaired) electrons. The van der Waals surface area contributed by atoms with Crippen molar-refractivity contribution in [1.82, 2.24) is 9.97 Å². The average Bonchev–Trinajstić information content (AvgIpc) is 2.75. The first-order valence-electron chi connectivity index (χ1n) is 5.93. The van der Waals surface area contributed by atoms with E-state index in [4.69, 9.17) is 5.73 Å². The molecule has 92 valence electrons. The lowest BCUT2D eigenvalue weighted by molar-refractivity contribution is 0.166. The van der Waals surface area contributed by atoms with Gasteiger partial charge in [-0.25, -0.2) is 4.98 Å². The smallest absolute Gasteiger partial charge is 0.0931 e. The van der Waals surface area contributed by atoms with Crippen LogP contribution in [0, 0.1) is 11.8 Å². The Morgan fingerprint density at radius 3 is 2.82 bits per heavy atom. The molecule has 0 aliphatic heterocycles. The van der Waals surface area contributed by atoms with Crippen LogP contribution in [0.1, 0.15) is 25.5 Å². The molecule has 0 spiro atoms. The largest absolute Gasteiger partial charge is 0.396 e. The molecule has 0 bridgehead atoms. The van der Waals surface area contributed by atoms with E-state index in [-0.39, 0.29) is 18.6 Å². The fraction of sp³-hybridized carbons (Fsp3) is 0.462. The number of hydrogen-bond acceptors (Lipinski definition) is 3. The molecule has 0 saturated carbocycles. The molecular weight excluding hydrogens is 214 g/mol. The molecule has 17 heavy (non-hydrogen) atoms. The predicted molar refractivity (Wildman–Crippen MR) is 68.4 cm³/mol. The predicted octanol–water partition coefficient (Wildman–Crippen LogP) is 1.83. The van der Waals surface area contributed by atoms with E-state index >= 15 is 0 Å². The van der Waals surface area contributed by atoms with Gasteiger partial charge >= 0.3 is 0 Å². The van der Waals surface area contributed by atoms with Crippen LogP contribution in [0.15, 0.2) is 24.5 Å². The Hall–Kier alpha value is -1.39. The zero-order valence-corrected chi connectivity index (χ0v) is 10.2. The first-order chi connectivity index (χ1) is 8.13. The lowest BCUT2D eigenvalue weighted by atomic mass is 9.85. The summed E-state index contributed by atoms with van der Waals surface area (Å²) >= 11 is 0. The fourth-order valence-corrected chi connectivity index (χ4v) is 2.15. The quantitative estimate of drug-likeness (QED) is 0.754. The van der Waals surface area contributed by atoms with Gasteiger partial charge in [0, 0.05) is 18.6 Å². The molecule has 0 amide bonds. The lowest BCUT2D eigenvalue weighted by Crippen LogP contribution is -2.28. The number of hydrogen-bond donors (Lipinski definition) is 3. The molecule has 0 aliphatic rings. The Morgan fingerprint density at radius 2 is 2.18 bits per heavy atom. The molecule has 0 saturated heterocycles. The Kier molecular flexibility index (Phi) is 3.45. The second-order valence-corrected chi connectivity index (χ2v) is 4.80. The SMILES string of the molecule is CC(C)C(CO)C(N)c1ccc2nc[nH]c2c1. The van der Waals surface area contributed by atoms with E-state index in [1.54, 1.807) is 6.33 Å². The van der Waals surface area contributed by atoms with Crippen LogP contribution < -0.4 is 5.73 Å². The van der Waals surface area contributed by atoms with Gasteiger partial charge in [0.15, 0.2) is 0 Å². The van der Waals surface area contributed by atoms with Gasteiger partial charge in [0.25, 0.3) is 0 Å². The molecule has 1 aromatic carbocycles. The van der Waals surface area contributed by atoms with Crippen LogP contribution in [0.2, 0.25) is 0 Å². The third kappa shape index (κ3) is 2.33. The number of nitrogens with zero attached hydrogens (tertiary/aromatic N) is 1. The van der Waals surface area contributed by atoms with Crippen LogP contribution in [0.3, 0.4) is 0 Å². The average molecular weight is 233 g/mol. The topological polar surface area (TPSA) is 74.9 Å². The number of aliphatic hydroxyl groups excluding tert-OH is 1. The van der Waals surface area contributed by atoms with E-state index in [0.29, 0.717) is 5.92 Å². The number of nitrogens with two attached hydrogens (primary N) is 1. The maximum Gasteiger partial charge on any atom is 0.0931 e. The van der Waals surface area contributed by atoms with Gasteiger partial charge in [-0.3, -0.25) is 0 Å². The number of benzene rings is 1. The van der Waals surface area contributed by atoms with Crippen LogP contribution in [-0.2, 0) is 0 Å². The number of aromatic nitrogens is 2. The van der Waals surface area contributed by atoms with Crippen molar-refractivity contribution >= 4 is 11.0 Å². The van der Waals surface area contributed by atoms with Crippen molar-refractivity contribution in [2.24, 2.45) is 17.6 Å². The maximum absolute atomic E-state index is 9.40. The Morgan fingerprint density at radius 1 is 1.41 bits per heavy atom. The zero-order valence-electron chi connectivity index (χ0n) is 10.2. The molecule has 1 heterocycles. The summed E-state index contributed by atoms with van der Waals surface area (Å²) in [6.45, 7) is 4.27. The summed E-state index contributed by atoms with van der Waals surface area (Å²) in [5.41, 5.74) is 9.17. The van der Waals surface area contributed by atoms with Gasteiger partial charge in [-0.2, -0.15) is 0 Å². The van der Waals surface area contributed by atoms with E-state index in [2.05, 4.69) is 23.8 Å². The molecule has 2 rings (SSSR count). The maximum atomic E-state index is 9.40. The van der Waals surface area contributed by atoms with E-state index in [9.17, 15) is 5.11 Å². The van der Waals surface area contributed by atoms with Gasteiger partial charge in [-0.15, -0.1) is 0 Å². The molecule has 2 atom stereocenters. The summed E-state index contributed by atoms with van der Waals surface area (Å²) in [5, 5.41) is 9.40. The number of rotatable bonds is 4. The van der Waals surface area contributed by atoms with Gasteiger partial charge in [-0.05, 0) is 23.6 Å². The highest BCUT2D eigenvalue weighted by Gasteiger charge is 2.22. The molecule has 4 heteroatoms. The highest BCUT2D eigenvalue weighted by atomic mass is 16.3. The van der Waals surface area contributed by atoms with Crippen molar-refractivity contribution in [3.63, 3.8) is 0 Å². The standard InChI is InChI=1S/C13H19N3O/c1-8(2)10(6-17)13(14)9-3-4-11-12(5-9)16-7-15-11/h3-5,7-8,10,13,17H,6,14H2,1-2H3,(H,15,16). The fourth-order valence-electron chi connectivity index (χ4n) is 2.15. The van der Waals surface area contributed by atoms with E-state index < -0.39 is 0 Å². The van der Waals surface area contributed by atoms with Gasteiger partial charge in [0.05, 0.1) is 17.4 Å². The number of imidazole rings is 1. The molecule has 0 aliphatic carbocycles. The highest BCUT2D eigenvalue weighted by Crippen LogP contribution is 2.27. The summed E-state index contributed by atoms with van der Waals surface area (Å²) in [6, 6.07) is 5.81. The summed E-state index contributed by atoms with van der Waals surface area (Å²) in [5.74, 6) is 0.433. The van der Waals surface area contributed by atoms with Crippen molar-refractivity contribution in [3.05, 3.63) is 30.1 Å². The summed E-state index contributed by atoms with van der Waals surface area (Å²) in [6.07, 6.45) is 1.67. The Bertz CT molecular complexity index is 492. The van der Waals surface area contributed by atoms with Crippen molar-refractivity contribution in [1.29, 1.82) is 0 Å². The van der Waals surface area contributed by atoms with Gasteiger partial charge in [0.2, 0.25) is 0 Å². The first kappa shape index (κ1) is 12.1. The van der Waals surface area contributed by atoms with Crippen LogP contribution in [0.25, 0.3) is 11.0 Å². The number of H-pyrrole nitrogens is 1. The lowest BCUT2D eigenvalue weighted by Gasteiger charge is -2.25. The number of aliphatic hydroxyl groups is 1. The third-order valence-corrected chi connectivity index (χ3v) is 3.36. The summed E-state index contributed by atoms with van der Waals surface area (Å²) in [4.78, 5) is 7.25. The second-order valence-electron chi connectivity index (χ2n) is 4.80. The summed E-state index contributed by atoms with van der Waals surface area (Å²) in [7, 11) is 0. The minimum atomic E-state index is -0.146. The zero-order chi connectivity index (χ0) is 12.4. The Labute approximate surface area is 101 Å². The minimum absolute atomic E-state index is 0.0790. The number of nitrogens with one attached hydrogen (secondary N) is 1. The Balaban J connectivity index is 2.31. The molecule has 0 fully saturated rings. The van der Waals surface area contributed by atoms with Crippen LogP contribution >= 0.6 is 0 Å². The van der Waals surface area contributed by atoms with Crippen molar-refractivity contribution < 1.29 is 5.11 Å². The molecule has 4 nitrogen and oxygen atoms in total. The van der Waals surface area contributed by atoms with E-state index in [1.807, 2.05) is 18.2 Å². The molecule has 1 aromatic heterocycles. The van der Waals surface area contributed by atoms with E-state index in [0.717, 1.165) is 16.6 Å². The molecule has 2 unspecified atom stereocenters. The number of aromatic amines is 1. The van der Waals surface area contributed by atoms with Crippen LogP contribution in [0.5, 0.6) is 0 Å².